The van der Waals surface area contributed by atoms with Crippen LogP contribution in [0.2, 0.25) is 0 Å². The number of aliphatic carboxylic acids is 1. The van der Waals surface area contributed by atoms with Gasteiger partial charge in [-0.3, -0.25) is 4.79 Å². The van der Waals surface area contributed by atoms with Crippen LogP contribution in [-0.2, 0) is 10.2 Å². The fourth-order valence-electron chi connectivity index (χ4n) is 2.48. The number of aryl methyl sites for hydroxylation is 1. The second kappa shape index (κ2) is 3.91. The van der Waals surface area contributed by atoms with Crippen LogP contribution in [0.5, 0.6) is 0 Å². The number of hydrogen-bond donors (Lipinski definition) is 1. The van der Waals surface area contributed by atoms with Crippen molar-refractivity contribution in [3.05, 3.63) is 35.6 Å². The van der Waals surface area contributed by atoms with Gasteiger partial charge in [-0.1, -0.05) is 32.0 Å². The van der Waals surface area contributed by atoms with Gasteiger partial charge in [0.2, 0.25) is 0 Å². The summed E-state index contributed by atoms with van der Waals surface area (Å²) in [5, 5.41) is 9.99. The smallest absolute Gasteiger partial charge is 0.304 e. The topological polar surface area (TPSA) is 50.4 Å². The fourth-order valence-corrected chi connectivity index (χ4v) is 2.48. The van der Waals surface area contributed by atoms with E-state index in [-0.39, 0.29) is 6.42 Å². The molecule has 3 heteroatoms. The summed E-state index contributed by atoms with van der Waals surface area (Å²) in [5.74, 6) is 0.0112. The second-order valence-corrected chi connectivity index (χ2v) is 4.98. The van der Waals surface area contributed by atoms with Crippen molar-refractivity contribution in [3.8, 4) is 0 Å². The van der Waals surface area contributed by atoms with Crippen molar-refractivity contribution in [2.24, 2.45) is 0 Å². The maximum Gasteiger partial charge on any atom is 0.304 e. The normalized spacial score (nSPS) is 11.9. The summed E-state index contributed by atoms with van der Waals surface area (Å²) in [6.07, 6.45) is 0.0946. The van der Waals surface area contributed by atoms with Crippen molar-refractivity contribution in [3.63, 3.8) is 0 Å². The highest BCUT2D eigenvalue weighted by Gasteiger charge is 2.30. The molecule has 2 rings (SSSR count). The van der Waals surface area contributed by atoms with Crippen molar-refractivity contribution >= 4 is 16.9 Å². The summed E-state index contributed by atoms with van der Waals surface area (Å²) in [5.41, 5.74) is 1.39. The highest BCUT2D eigenvalue weighted by atomic mass is 16.4. The largest absolute Gasteiger partial charge is 0.481 e. The Morgan fingerprint density at radius 1 is 1.35 bits per heavy atom. The van der Waals surface area contributed by atoms with Gasteiger partial charge in [0, 0.05) is 16.4 Å². The molecule has 0 saturated heterocycles. The third kappa shape index (κ3) is 2.05. The molecule has 0 aliphatic rings. The Labute approximate surface area is 100 Å². The van der Waals surface area contributed by atoms with Gasteiger partial charge in [-0.25, -0.2) is 0 Å². The van der Waals surface area contributed by atoms with E-state index in [9.17, 15) is 4.79 Å². The van der Waals surface area contributed by atoms with Crippen molar-refractivity contribution in [2.45, 2.75) is 32.6 Å². The summed E-state index contributed by atoms with van der Waals surface area (Å²) < 4.78 is 5.67. The minimum absolute atomic E-state index is 0.0946. The van der Waals surface area contributed by atoms with E-state index >= 15 is 0 Å². The quantitative estimate of drug-likeness (QED) is 0.881. The van der Waals surface area contributed by atoms with Crippen LogP contribution < -0.4 is 0 Å². The highest BCUT2D eigenvalue weighted by molar-refractivity contribution is 5.84. The number of furan rings is 1. The number of carboxylic acids is 1. The van der Waals surface area contributed by atoms with Gasteiger partial charge >= 0.3 is 5.97 Å². The predicted molar refractivity (Wildman–Crippen MR) is 66.2 cm³/mol. The van der Waals surface area contributed by atoms with Crippen molar-refractivity contribution in [1.29, 1.82) is 0 Å². The van der Waals surface area contributed by atoms with Crippen molar-refractivity contribution in [1.82, 2.24) is 0 Å². The molecule has 0 amide bonds. The molecule has 0 spiro atoms. The maximum atomic E-state index is 10.9. The molecule has 0 aliphatic carbocycles. The van der Waals surface area contributed by atoms with Crippen molar-refractivity contribution < 1.29 is 14.3 Å². The van der Waals surface area contributed by atoms with Crippen LogP contribution in [-0.4, -0.2) is 11.1 Å². The first-order valence-corrected chi connectivity index (χ1v) is 5.62. The molecular weight excluding hydrogens is 216 g/mol. The van der Waals surface area contributed by atoms with Crippen LogP contribution in [0.25, 0.3) is 11.0 Å². The molecule has 2 aromatic rings. The Morgan fingerprint density at radius 2 is 2.00 bits per heavy atom. The minimum Gasteiger partial charge on any atom is -0.481 e. The van der Waals surface area contributed by atoms with E-state index in [0.717, 1.165) is 22.3 Å². The zero-order valence-electron chi connectivity index (χ0n) is 10.3. The first-order valence-electron chi connectivity index (χ1n) is 5.62. The van der Waals surface area contributed by atoms with Gasteiger partial charge < -0.3 is 9.52 Å². The zero-order chi connectivity index (χ0) is 12.6. The van der Waals surface area contributed by atoms with E-state index in [4.69, 9.17) is 9.52 Å². The Morgan fingerprint density at radius 3 is 2.65 bits per heavy atom. The number of para-hydroxylation sites is 1. The molecule has 0 saturated carbocycles. The summed E-state index contributed by atoms with van der Waals surface area (Å²) in [6, 6.07) is 7.74. The Bertz CT molecular complexity index is 564. The number of carbonyl (C=O) groups is 1. The molecule has 0 bridgehead atoms. The molecule has 1 N–H and O–H groups in total. The van der Waals surface area contributed by atoms with Crippen LogP contribution in [0.4, 0.5) is 0 Å². The minimum atomic E-state index is -0.792. The number of carboxylic acid groups (broad SMARTS) is 1. The maximum absolute atomic E-state index is 10.9. The Kier molecular flexibility index (Phi) is 2.69. The summed E-state index contributed by atoms with van der Waals surface area (Å²) in [6.45, 7) is 5.76. The van der Waals surface area contributed by atoms with Gasteiger partial charge in [-0.05, 0) is 13.0 Å². The number of rotatable bonds is 3. The van der Waals surface area contributed by atoms with E-state index in [1.807, 2.05) is 45.0 Å². The Hall–Kier alpha value is -1.77. The number of fused-ring (bicyclic) bond motifs is 1. The molecular formula is C14H16O3. The lowest BCUT2D eigenvalue weighted by Crippen LogP contribution is -2.22. The van der Waals surface area contributed by atoms with Crippen LogP contribution in [0.15, 0.2) is 28.7 Å². The average Bonchev–Trinajstić information content (AvgIpc) is 2.51. The lowest BCUT2D eigenvalue weighted by atomic mass is 9.80. The molecule has 0 fully saturated rings. The summed E-state index contributed by atoms with van der Waals surface area (Å²) in [7, 11) is 0. The van der Waals surface area contributed by atoms with Crippen LogP contribution >= 0.6 is 0 Å². The average molecular weight is 232 g/mol. The standard InChI is InChI=1S/C14H16O3/c1-9-13(14(2,3)8-12(15)16)10-6-4-5-7-11(10)17-9/h4-7H,8H2,1-3H3,(H,15,16). The highest BCUT2D eigenvalue weighted by Crippen LogP contribution is 2.37. The molecule has 0 radical (unpaired) electrons. The molecule has 1 heterocycles. The molecule has 90 valence electrons. The first kappa shape index (κ1) is 11.7. The number of benzene rings is 1. The number of hydrogen-bond acceptors (Lipinski definition) is 2. The van der Waals surface area contributed by atoms with Crippen LogP contribution in [0.3, 0.4) is 0 Å². The first-order chi connectivity index (χ1) is 7.92. The fraction of sp³-hybridized carbons (Fsp3) is 0.357. The SMILES string of the molecule is Cc1oc2ccccc2c1C(C)(C)CC(=O)O. The monoisotopic (exact) mass is 232 g/mol. The molecule has 0 aliphatic heterocycles. The van der Waals surface area contributed by atoms with Gasteiger partial charge in [0.1, 0.15) is 11.3 Å². The van der Waals surface area contributed by atoms with Crippen molar-refractivity contribution in [2.75, 3.05) is 0 Å². The van der Waals surface area contributed by atoms with E-state index in [1.54, 1.807) is 0 Å². The van der Waals surface area contributed by atoms with E-state index in [2.05, 4.69) is 0 Å². The zero-order valence-corrected chi connectivity index (χ0v) is 10.3. The lowest BCUT2D eigenvalue weighted by molar-refractivity contribution is -0.138. The summed E-state index contributed by atoms with van der Waals surface area (Å²) in [4.78, 5) is 10.9. The van der Waals surface area contributed by atoms with Gasteiger partial charge in [-0.2, -0.15) is 0 Å². The van der Waals surface area contributed by atoms with Gasteiger partial charge in [-0.15, -0.1) is 0 Å². The second-order valence-electron chi connectivity index (χ2n) is 4.98. The molecule has 1 aromatic heterocycles. The lowest BCUT2D eigenvalue weighted by Gasteiger charge is -2.22. The van der Waals surface area contributed by atoms with E-state index in [0.29, 0.717) is 0 Å². The van der Waals surface area contributed by atoms with Gasteiger partial charge in [0.15, 0.2) is 0 Å². The van der Waals surface area contributed by atoms with Gasteiger partial charge in [0.25, 0.3) is 0 Å². The third-order valence-electron chi connectivity index (χ3n) is 3.04. The van der Waals surface area contributed by atoms with Gasteiger partial charge in [0.05, 0.1) is 6.42 Å². The van der Waals surface area contributed by atoms with E-state index < -0.39 is 11.4 Å². The predicted octanol–water partition coefficient (Wildman–Crippen LogP) is 3.49. The summed E-state index contributed by atoms with van der Waals surface area (Å²) >= 11 is 0. The van der Waals surface area contributed by atoms with Crippen LogP contribution in [0, 0.1) is 6.92 Å². The Balaban J connectivity index is 2.61. The molecule has 17 heavy (non-hydrogen) atoms. The molecule has 3 nitrogen and oxygen atoms in total. The van der Waals surface area contributed by atoms with Crippen LogP contribution in [0.1, 0.15) is 31.6 Å². The van der Waals surface area contributed by atoms with E-state index in [1.165, 1.54) is 0 Å². The molecule has 0 atom stereocenters. The molecule has 1 aromatic carbocycles. The third-order valence-corrected chi connectivity index (χ3v) is 3.04. The molecule has 0 unspecified atom stereocenters.